The van der Waals surface area contributed by atoms with Gasteiger partial charge in [0.2, 0.25) is 0 Å². The zero-order chi connectivity index (χ0) is 13.0. The molecule has 1 N–H and O–H groups in total. The first-order chi connectivity index (χ1) is 8.65. The van der Waals surface area contributed by atoms with E-state index in [1.54, 1.807) is 0 Å². The van der Waals surface area contributed by atoms with Crippen LogP contribution >= 0.6 is 23.4 Å². The largest absolute Gasteiger partial charge is 0.481 e. The molecule has 4 heteroatoms. The maximum atomic E-state index is 10.9. The fourth-order valence-electron chi connectivity index (χ4n) is 2.32. The van der Waals surface area contributed by atoms with Gasteiger partial charge in [0.25, 0.3) is 0 Å². The molecule has 1 fully saturated rings. The quantitative estimate of drug-likeness (QED) is 0.899. The average Bonchev–Trinajstić information content (AvgIpc) is 2.37. The van der Waals surface area contributed by atoms with Gasteiger partial charge in [-0.25, -0.2) is 0 Å². The standard InChI is InChI=1S/C14H17ClO2S/c15-12-3-1-2-10(8-12)9-18-13-6-4-11(5-7-13)14(16)17/h1-3,8,11,13H,4-7,9H2,(H,16,17). The first-order valence-corrected chi connectivity index (χ1v) is 7.66. The number of aliphatic carboxylic acids is 1. The number of hydrogen-bond acceptors (Lipinski definition) is 2. The van der Waals surface area contributed by atoms with Gasteiger partial charge in [0.1, 0.15) is 0 Å². The van der Waals surface area contributed by atoms with Crippen LogP contribution in [0, 0.1) is 5.92 Å². The van der Waals surface area contributed by atoms with Crippen molar-refractivity contribution in [1.29, 1.82) is 0 Å². The molecule has 0 spiro atoms. The van der Waals surface area contributed by atoms with Crippen molar-refractivity contribution in [3.05, 3.63) is 34.9 Å². The Balaban J connectivity index is 1.77. The molecule has 0 aliphatic heterocycles. The zero-order valence-electron chi connectivity index (χ0n) is 10.1. The lowest BCUT2D eigenvalue weighted by atomic mass is 9.89. The summed E-state index contributed by atoms with van der Waals surface area (Å²) in [6, 6.07) is 7.94. The van der Waals surface area contributed by atoms with Crippen LogP contribution in [0.1, 0.15) is 31.2 Å². The summed E-state index contributed by atoms with van der Waals surface area (Å²) in [5.74, 6) is 0.212. The SMILES string of the molecule is O=C(O)C1CCC(SCc2cccc(Cl)c2)CC1. The highest BCUT2D eigenvalue weighted by atomic mass is 35.5. The van der Waals surface area contributed by atoms with Gasteiger partial charge in [-0.05, 0) is 43.4 Å². The molecule has 1 aliphatic rings. The van der Waals surface area contributed by atoms with Gasteiger partial charge in [0, 0.05) is 16.0 Å². The Morgan fingerprint density at radius 1 is 1.33 bits per heavy atom. The second-order valence-electron chi connectivity index (χ2n) is 4.75. The van der Waals surface area contributed by atoms with E-state index in [0.29, 0.717) is 5.25 Å². The van der Waals surface area contributed by atoms with E-state index in [1.807, 2.05) is 30.0 Å². The monoisotopic (exact) mass is 284 g/mol. The number of carbonyl (C=O) groups is 1. The number of thioether (sulfide) groups is 1. The Morgan fingerprint density at radius 2 is 2.06 bits per heavy atom. The van der Waals surface area contributed by atoms with Gasteiger partial charge in [-0.1, -0.05) is 23.7 Å². The van der Waals surface area contributed by atoms with E-state index in [-0.39, 0.29) is 5.92 Å². The molecule has 0 saturated heterocycles. The topological polar surface area (TPSA) is 37.3 Å². The highest BCUT2D eigenvalue weighted by molar-refractivity contribution is 7.99. The van der Waals surface area contributed by atoms with E-state index < -0.39 is 5.97 Å². The fourth-order valence-corrected chi connectivity index (χ4v) is 3.74. The predicted molar refractivity (Wildman–Crippen MR) is 76.1 cm³/mol. The molecule has 0 heterocycles. The third-order valence-electron chi connectivity index (χ3n) is 3.40. The molecule has 1 aliphatic carbocycles. The minimum atomic E-state index is -0.631. The summed E-state index contributed by atoms with van der Waals surface area (Å²) in [4.78, 5) is 10.9. The molecule has 0 amide bonds. The van der Waals surface area contributed by atoms with Gasteiger partial charge in [-0.2, -0.15) is 11.8 Å². The molecule has 1 aromatic rings. The second-order valence-corrected chi connectivity index (χ2v) is 6.48. The number of benzene rings is 1. The van der Waals surface area contributed by atoms with Crippen molar-refractivity contribution in [1.82, 2.24) is 0 Å². The van der Waals surface area contributed by atoms with E-state index in [2.05, 4.69) is 6.07 Å². The molecule has 0 bridgehead atoms. The van der Waals surface area contributed by atoms with Gasteiger partial charge >= 0.3 is 5.97 Å². The van der Waals surface area contributed by atoms with Gasteiger partial charge in [-0.15, -0.1) is 0 Å². The maximum Gasteiger partial charge on any atom is 0.306 e. The van der Waals surface area contributed by atoms with Gasteiger partial charge in [0.15, 0.2) is 0 Å². The van der Waals surface area contributed by atoms with Crippen LogP contribution in [0.2, 0.25) is 5.02 Å². The Bertz CT molecular complexity index is 414. The summed E-state index contributed by atoms with van der Waals surface area (Å²) in [6.45, 7) is 0. The number of halogens is 1. The number of rotatable bonds is 4. The van der Waals surface area contributed by atoms with Gasteiger partial charge < -0.3 is 5.11 Å². The van der Waals surface area contributed by atoms with Crippen LogP contribution in [0.15, 0.2) is 24.3 Å². The van der Waals surface area contributed by atoms with Gasteiger partial charge in [0.05, 0.1) is 5.92 Å². The predicted octanol–water partition coefficient (Wildman–Crippen LogP) is 4.22. The third-order valence-corrected chi connectivity index (χ3v) is 5.08. The van der Waals surface area contributed by atoms with Crippen LogP contribution in [-0.2, 0) is 10.5 Å². The third kappa shape index (κ3) is 3.92. The Labute approximate surface area is 117 Å². The highest BCUT2D eigenvalue weighted by Gasteiger charge is 2.25. The Kier molecular flexibility index (Phi) is 4.95. The lowest BCUT2D eigenvalue weighted by molar-refractivity contribution is -0.142. The van der Waals surface area contributed by atoms with E-state index in [4.69, 9.17) is 16.7 Å². The lowest BCUT2D eigenvalue weighted by Gasteiger charge is -2.25. The van der Waals surface area contributed by atoms with Crippen LogP contribution in [0.3, 0.4) is 0 Å². The maximum absolute atomic E-state index is 10.9. The lowest BCUT2D eigenvalue weighted by Crippen LogP contribution is -2.22. The van der Waals surface area contributed by atoms with Crippen LogP contribution in [0.5, 0.6) is 0 Å². The summed E-state index contributed by atoms with van der Waals surface area (Å²) < 4.78 is 0. The molecule has 98 valence electrons. The first kappa shape index (κ1) is 13.8. The Hall–Kier alpha value is -0.670. The number of carboxylic acids is 1. The van der Waals surface area contributed by atoms with Crippen LogP contribution < -0.4 is 0 Å². The van der Waals surface area contributed by atoms with Crippen LogP contribution in [-0.4, -0.2) is 16.3 Å². The molecule has 18 heavy (non-hydrogen) atoms. The van der Waals surface area contributed by atoms with Crippen molar-refractivity contribution in [3.8, 4) is 0 Å². The van der Waals surface area contributed by atoms with Crippen LogP contribution in [0.4, 0.5) is 0 Å². The fraction of sp³-hybridized carbons (Fsp3) is 0.500. The summed E-state index contributed by atoms with van der Waals surface area (Å²) in [7, 11) is 0. The minimum absolute atomic E-state index is 0.118. The molecule has 2 nitrogen and oxygen atoms in total. The molecule has 1 aromatic carbocycles. The molecular formula is C14H17ClO2S. The molecule has 2 rings (SSSR count). The highest BCUT2D eigenvalue weighted by Crippen LogP contribution is 2.33. The van der Waals surface area contributed by atoms with Crippen LogP contribution in [0.25, 0.3) is 0 Å². The molecular weight excluding hydrogens is 268 g/mol. The smallest absolute Gasteiger partial charge is 0.306 e. The van der Waals surface area contributed by atoms with E-state index in [0.717, 1.165) is 36.5 Å². The van der Waals surface area contributed by atoms with E-state index in [1.165, 1.54) is 5.56 Å². The first-order valence-electron chi connectivity index (χ1n) is 6.24. The second kappa shape index (κ2) is 6.48. The summed E-state index contributed by atoms with van der Waals surface area (Å²) in [6.07, 6.45) is 3.68. The van der Waals surface area contributed by atoms with Crippen molar-refractivity contribution in [2.24, 2.45) is 5.92 Å². The van der Waals surface area contributed by atoms with Crippen molar-refractivity contribution in [3.63, 3.8) is 0 Å². The Morgan fingerprint density at radius 3 is 2.67 bits per heavy atom. The molecule has 0 radical (unpaired) electrons. The van der Waals surface area contributed by atoms with Crippen molar-refractivity contribution in [2.45, 2.75) is 36.7 Å². The van der Waals surface area contributed by atoms with Crippen molar-refractivity contribution in [2.75, 3.05) is 0 Å². The summed E-state index contributed by atoms with van der Waals surface area (Å²) in [5.41, 5.74) is 1.24. The molecule has 0 unspecified atom stereocenters. The summed E-state index contributed by atoms with van der Waals surface area (Å²) in [5, 5.41) is 10.3. The van der Waals surface area contributed by atoms with Crippen molar-refractivity contribution >= 4 is 29.3 Å². The van der Waals surface area contributed by atoms with Gasteiger partial charge in [-0.3, -0.25) is 4.79 Å². The van der Waals surface area contributed by atoms with E-state index >= 15 is 0 Å². The normalized spacial score (nSPS) is 23.8. The average molecular weight is 285 g/mol. The molecule has 0 aromatic heterocycles. The summed E-state index contributed by atoms with van der Waals surface area (Å²) >= 11 is 7.87. The minimum Gasteiger partial charge on any atom is -0.481 e. The molecule has 1 saturated carbocycles. The molecule has 0 atom stereocenters. The number of carboxylic acid groups (broad SMARTS) is 1. The number of hydrogen-bond donors (Lipinski definition) is 1. The zero-order valence-corrected chi connectivity index (χ0v) is 11.7. The van der Waals surface area contributed by atoms with Crippen molar-refractivity contribution < 1.29 is 9.90 Å². The van der Waals surface area contributed by atoms with E-state index in [9.17, 15) is 4.79 Å².